The molecule has 144 valence electrons. The van der Waals surface area contributed by atoms with Gasteiger partial charge in [0.15, 0.2) is 0 Å². The summed E-state index contributed by atoms with van der Waals surface area (Å²) in [4.78, 5) is 13.1. The molecule has 0 radical (unpaired) electrons. The van der Waals surface area contributed by atoms with Crippen LogP contribution >= 0.6 is 11.3 Å². The first-order valence-corrected chi connectivity index (χ1v) is 10.8. The Hall–Kier alpha value is -2.71. The van der Waals surface area contributed by atoms with Crippen molar-refractivity contribution in [2.24, 2.45) is 0 Å². The second-order valence-electron chi connectivity index (χ2n) is 6.38. The zero-order chi connectivity index (χ0) is 19.9. The van der Waals surface area contributed by atoms with Gasteiger partial charge in [0.05, 0.1) is 17.7 Å². The van der Waals surface area contributed by atoms with E-state index in [9.17, 15) is 17.6 Å². The highest BCUT2D eigenvalue weighted by Crippen LogP contribution is 2.45. The van der Waals surface area contributed by atoms with Crippen LogP contribution in [0.3, 0.4) is 0 Å². The van der Waals surface area contributed by atoms with E-state index in [1.54, 1.807) is 24.3 Å². The van der Waals surface area contributed by atoms with Gasteiger partial charge in [-0.2, -0.15) is 0 Å². The van der Waals surface area contributed by atoms with Crippen molar-refractivity contribution >= 4 is 32.8 Å². The summed E-state index contributed by atoms with van der Waals surface area (Å²) in [7, 11) is -2.33. The molecule has 0 fully saturated rings. The van der Waals surface area contributed by atoms with Gasteiger partial charge in [0.1, 0.15) is 16.5 Å². The number of carbonyl (C=O) groups excluding carboxylic acids is 1. The molecule has 5 nitrogen and oxygen atoms in total. The van der Waals surface area contributed by atoms with Crippen molar-refractivity contribution < 1.29 is 22.3 Å². The van der Waals surface area contributed by atoms with Crippen molar-refractivity contribution in [2.45, 2.75) is 22.1 Å². The Morgan fingerprint density at radius 2 is 1.93 bits per heavy atom. The summed E-state index contributed by atoms with van der Waals surface area (Å²) < 4.78 is 45.0. The van der Waals surface area contributed by atoms with E-state index in [1.165, 1.54) is 48.1 Å². The Morgan fingerprint density at radius 3 is 2.61 bits per heavy atom. The highest BCUT2D eigenvalue weighted by atomic mass is 32.2. The van der Waals surface area contributed by atoms with Crippen LogP contribution in [0.2, 0.25) is 0 Å². The number of benzene rings is 2. The lowest BCUT2D eigenvalue weighted by atomic mass is 9.91. The molecule has 0 spiro atoms. The molecule has 28 heavy (non-hydrogen) atoms. The van der Waals surface area contributed by atoms with Crippen molar-refractivity contribution in [3.05, 3.63) is 70.2 Å². The minimum Gasteiger partial charge on any atom is -0.497 e. The van der Waals surface area contributed by atoms with Crippen molar-refractivity contribution in [2.75, 3.05) is 12.4 Å². The zero-order valence-corrected chi connectivity index (χ0v) is 16.4. The van der Waals surface area contributed by atoms with E-state index in [1.807, 2.05) is 0 Å². The molecule has 0 aliphatic carbocycles. The fourth-order valence-electron chi connectivity index (χ4n) is 3.28. The summed E-state index contributed by atoms with van der Waals surface area (Å²) in [5.41, 5.74) is 0.928. The van der Waals surface area contributed by atoms with E-state index < -0.39 is 15.7 Å². The predicted octanol–water partition coefficient (Wildman–Crippen LogP) is 4.20. The Labute approximate surface area is 165 Å². The van der Waals surface area contributed by atoms with Gasteiger partial charge in [-0.05, 0) is 42.0 Å². The van der Waals surface area contributed by atoms with Crippen LogP contribution in [0.5, 0.6) is 5.75 Å². The van der Waals surface area contributed by atoms with Crippen LogP contribution in [0.15, 0.2) is 63.7 Å². The SMILES string of the molecule is COc1ccc(S(=O)(=O)c2csc3c2NC(=O)CC3c2cccc(F)c2)cc1. The van der Waals surface area contributed by atoms with Crippen LogP contribution in [0, 0.1) is 5.82 Å². The molecule has 0 bridgehead atoms. The standard InChI is InChI=1S/C20H16FNO4S2/c1-26-14-5-7-15(8-6-14)28(24,25)17-11-27-20-16(10-18(23)22-19(17)20)12-3-2-4-13(21)9-12/h2-9,11,16H,10H2,1H3,(H,22,23). The Kier molecular flexibility index (Phi) is 4.68. The smallest absolute Gasteiger partial charge is 0.225 e. The summed E-state index contributed by atoms with van der Waals surface area (Å²) in [6.45, 7) is 0. The van der Waals surface area contributed by atoms with E-state index in [0.717, 1.165) is 0 Å². The average Bonchev–Trinajstić information content (AvgIpc) is 3.12. The van der Waals surface area contributed by atoms with Gasteiger partial charge < -0.3 is 10.1 Å². The van der Waals surface area contributed by atoms with Crippen LogP contribution in [0.4, 0.5) is 10.1 Å². The summed E-state index contributed by atoms with van der Waals surface area (Å²) >= 11 is 1.25. The van der Waals surface area contributed by atoms with Crippen LogP contribution in [-0.2, 0) is 14.6 Å². The van der Waals surface area contributed by atoms with Gasteiger partial charge in [-0.15, -0.1) is 11.3 Å². The molecule has 1 aliphatic heterocycles. The van der Waals surface area contributed by atoms with Gasteiger partial charge in [-0.25, -0.2) is 12.8 Å². The van der Waals surface area contributed by atoms with E-state index in [2.05, 4.69) is 5.32 Å². The van der Waals surface area contributed by atoms with Gasteiger partial charge in [-0.1, -0.05) is 12.1 Å². The monoisotopic (exact) mass is 417 g/mol. The number of halogens is 1. The van der Waals surface area contributed by atoms with Gasteiger partial charge in [0.25, 0.3) is 0 Å². The molecule has 1 unspecified atom stereocenters. The highest BCUT2D eigenvalue weighted by molar-refractivity contribution is 7.91. The largest absolute Gasteiger partial charge is 0.497 e. The number of carbonyl (C=O) groups is 1. The van der Waals surface area contributed by atoms with Crippen molar-refractivity contribution in [1.29, 1.82) is 0 Å². The molecule has 4 rings (SSSR count). The van der Waals surface area contributed by atoms with Crippen LogP contribution in [-0.4, -0.2) is 21.4 Å². The molecule has 1 aromatic heterocycles. The summed E-state index contributed by atoms with van der Waals surface area (Å²) in [6, 6.07) is 12.1. The molecular weight excluding hydrogens is 401 g/mol. The van der Waals surface area contributed by atoms with Crippen molar-refractivity contribution in [3.8, 4) is 5.75 Å². The van der Waals surface area contributed by atoms with E-state index in [0.29, 0.717) is 16.2 Å². The molecule has 8 heteroatoms. The minimum absolute atomic E-state index is 0.0483. The van der Waals surface area contributed by atoms with E-state index >= 15 is 0 Å². The lowest BCUT2D eigenvalue weighted by Crippen LogP contribution is -2.23. The van der Waals surface area contributed by atoms with E-state index in [-0.39, 0.29) is 33.7 Å². The number of anilines is 1. The third-order valence-electron chi connectivity index (χ3n) is 4.67. The van der Waals surface area contributed by atoms with Gasteiger partial charge in [0, 0.05) is 22.6 Å². The number of hydrogen-bond donors (Lipinski definition) is 1. The number of fused-ring (bicyclic) bond motifs is 1. The number of sulfone groups is 1. The van der Waals surface area contributed by atoms with E-state index in [4.69, 9.17) is 4.74 Å². The number of thiophene rings is 1. The molecule has 3 aromatic rings. The maximum atomic E-state index is 13.7. The fourth-order valence-corrected chi connectivity index (χ4v) is 6.18. The molecule has 2 heterocycles. The molecule has 1 aliphatic rings. The van der Waals surface area contributed by atoms with Gasteiger partial charge in [-0.3, -0.25) is 4.79 Å². The Bertz CT molecular complexity index is 1150. The Morgan fingerprint density at radius 1 is 1.18 bits per heavy atom. The van der Waals surface area contributed by atoms with Crippen LogP contribution in [0.25, 0.3) is 0 Å². The third-order valence-corrected chi connectivity index (χ3v) is 7.71. The van der Waals surface area contributed by atoms with Gasteiger partial charge in [0.2, 0.25) is 15.7 Å². The molecule has 0 saturated heterocycles. The summed E-state index contributed by atoms with van der Waals surface area (Å²) in [6.07, 6.45) is 0.138. The second-order valence-corrected chi connectivity index (χ2v) is 9.21. The molecule has 1 amide bonds. The first-order chi connectivity index (χ1) is 13.4. The third kappa shape index (κ3) is 3.18. The number of hydrogen-bond acceptors (Lipinski definition) is 5. The average molecular weight is 417 g/mol. The topological polar surface area (TPSA) is 72.5 Å². The predicted molar refractivity (Wildman–Crippen MR) is 104 cm³/mol. The maximum absolute atomic E-state index is 13.7. The maximum Gasteiger partial charge on any atom is 0.225 e. The summed E-state index contributed by atoms with van der Waals surface area (Å²) in [5.74, 6) is -0.533. The lowest BCUT2D eigenvalue weighted by molar-refractivity contribution is -0.116. The first-order valence-electron chi connectivity index (χ1n) is 8.46. The Balaban J connectivity index is 1.80. The normalized spacial score (nSPS) is 16.4. The van der Waals surface area contributed by atoms with Crippen LogP contribution < -0.4 is 10.1 Å². The second kappa shape index (κ2) is 7.03. The van der Waals surface area contributed by atoms with Gasteiger partial charge >= 0.3 is 0 Å². The highest BCUT2D eigenvalue weighted by Gasteiger charge is 2.34. The number of methoxy groups -OCH3 is 1. The molecular formula is C20H16FNO4S2. The number of amides is 1. The molecule has 1 N–H and O–H groups in total. The number of rotatable bonds is 4. The van der Waals surface area contributed by atoms with Crippen molar-refractivity contribution in [1.82, 2.24) is 0 Å². The quantitative estimate of drug-likeness (QED) is 0.691. The first kappa shape index (κ1) is 18.6. The summed E-state index contributed by atoms with van der Waals surface area (Å²) in [5, 5.41) is 4.23. The number of nitrogens with one attached hydrogen (secondary N) is 1. The van der Waals surface area contributed by atoms with Crippen LogP contribution in [0.1, 0.15) is 22.8 Å². The zero-order valence-electron chi connectivity index (χ0n) is 14.8. The molecule has 0 saturated carbocycles. The lowest BCUT2D eigenvalue weighted by Gasteiger charge is -2.23. The molecule has 1 atom stereocenters. The fraction of sp³-hybridized carbons (Fsp3) is 0.150. The molecule has 2 aromatic carbocycles. The minimum atomic E-state index is -3.83. The number of ether oxygens (including phenoxy) is 1. The van der Waals surface area contributed by atoms with Crippen molar-refractivity contribution in [3.63, 3.8) is 0 Å².